The van der Waals surface area contributed by atoms with Crippen molar-refractivity contribution in [2.24, 2.45) is 5.92 Å². The highest BCUT2D eigenvalue weighted by atomic mass is 35.5. The molecule has 0 N–H and O–H groups in total. The van der Waals surface area contributed by atoms with Gasteiger partial charge >= 0.3 is 0 Å². The van der Waals surface area contributed by atoms with Crippen LogP contribution >= 0.6 is 11.6 Å². The van der Waals surface area contributed by atoms with Gasteiger partial charge < -0.3 is 0 Å². The van der Waals surface area contributed by atoms with Gasteiger partial charge in [-0.25, -0.2) is 0 Å². The number of halogens is 1. The molecule has 70 valence electrons. The SMILES string of the molecule is ClCc1ccc(CC2CCC2)cc1. The molecule has 0 bridgehead atoms. The smallest absolute Gasteiger partial charge is 0.0474 e. The molecule has 1 aliphatic carbocycles. The van der Waals surface area contributed by atoms with Gasteiger partial charge in [0.05, 0.1) is 0 Å². The quantitative estimate of drug-likeness (QED) is 0.643. The highest BCUT2D eigenvalue weighted by Crippen LogP contribution is 2.29. The predicted octanol–water partition coefficient (Wildman–Crippen LogP) is 3.77. The van der Waals surface area contributed by atoms with Gasteiger partial charge in [-0.1, -0.05) is 43.5 Å². The van der Waals surface area contributed by atoms with Crippen molar-refractivity contribution in [2.75, 3.05) is 0 Å². The van der Waals surface area contributed by atoms with Gasteiger partial charge in [0.2, 0.25) is 0 Å². The van der Waals surface area contributed by atoms with Crippen LogP contribution in [-0.2, 0) is 12.3 Å². The summed E-state index contributed by atoms with van der Waals surface area (Å²) in [5, 5.41) is 0. The van der Waals surface area contributed by atoms with E-state index in [1.54, 1.807) is 0 Å². The van der Waals surface area contributed by atoms with E-state index in [0.717, 1.165) is 5.92 Å². The Morgan fingerprint density at radius 1 is 1.08 bits per heavy atom. The third-order valence-corrected chi connectivity index (χ3v) is 3.24. The third kappa shape index (κ3) is 2.25. The van der Waals surface area contributed by atoms with Crippen LogP contribution in [0.5, 0.6) is 0 Å². The largest absolute Gasteiger partial charge is 0.122 e. The first kappa shape index (κ1) is 9.08. The third-order valence-electron chi connectivity index (χ3n) is 2.93. The molecule has 1 aromatic rings. The molecule has 1 heteroatoms. The maximum absolute atomic E-state index is 5.72. The zero-order chi connectivity index (χ0) is 9.10. The molecule has 0 spiro atoms. The summed E-state index contributed by atoms with van der Waals surface area (Å²) in [6.45, 7) is 0. The Bertz CT molecular complexity index is 259. The summed E-state index contributed by atoms with van der Waals surface area (Å²) in [5.74, 6) is 1.59. The lowest BCUT2D eigenvalue weighted by atomic mass is 9.81. The van der Waals surface area contributed by atoms with Gasteiger partial charge in [0, 0.05) is 5.88 Å². The van der Waals surface area contributed by atoms with Crippen molar-refractivity contribution in [3.05, 3.63) is 35.4 Å². The van der Waals surface area contributed by atoms with Crippen molar-refractivity contribution in [1.29, 1.82) is 0 Å². The highest BCUT2D eigenvalue weighted by Gasteiger charge is 2.17. The standard InChI is InChI=1S/C12H15Cl/c13-9-12-6-4-11(5-7-12)8-10-2-1-3-10/h4-7,10H,1-3,8-9H2. The molecular formula is C12H15Cl. The van der Waals surface area contributed by atoms with Gasteiger partial charge in [0.25, 0.3) is 0 Å². The first-order chi connectivity index (χ1) is 6.38. The van der Waals surface area contributed by atoms with Crippen molar-refractivity contribution in [3.8, 4) is 0 Å². The number of alkyl halides is 1. The fourth-order valence-corrected chi connectivity index (χ4v) is 1.97. The minimum Gasteiger partial charge on any atom is -0.122 e. The molecule has 13 heavy (non-hydrogen) atoms. The van der Waals surface area contributed by atoms with E-state index in [2.05, 4.69) is 24.3 Å². The Balaban J connectivity index is 1.96. The van der Waals surface area contributed by atoms with E-state index >= 15 is 0 Å². The summed E-state index contributed by atoms with van der Waals surface area (Å²) in [6, 6.07) is 8.72. The normalized spacial score (nSPS) is 17.0. The molecule has 1 saturated carbocycles. The molecule has 0 aromatic heterocycles. The molecule has 1 aromatic carbocycles. The Kier molecular flexibility index (Phi) is 2.90. The minimum absolute atomic E-state index is 0.629. The second-order valence-electron chi connectivity index (χ2n) is 3.95. The van der Waals surface area contributed by atoms with Gasteiger partial charge in [-0.15, -0.1) is 11.6 Å². The zero-order valence-electron chi connectivity index (χ0n) is 7.80. The van der Waals surface area contributed by atoms with E-state index in [9.17, 15) is 0 Å². The zero-order valence-corrected chi connectivity index (χ0v) is 8.56. The van der Waals surface area contributed by atoms with Crippen LogP contribution in [0.2, 0.25) is 0 Å². The Morgan fingerprint density at radius 2 is 1.69 bits per heavy atom. The summed E-state index contributed by atoms with van der Waals surface area (Å²) in [5.41, 5.74) is 2.69. The average molecular weight is 195 g/mol. The van der Waals surface area contributed by atoms with Gasteiger partial charge in [0.1, 0.15) is 0 Å². The van der Waals surface area contributed by atoms with Crippen molar-refractivity contribution < 1.29 is 0 Å². The van der Waals surface area contributed by atoms with E-state index in [1.807, 2.05) is 0 Å². The molecule has 1 fully saturated rings. The second kappa shape index (κ2) is 4.15. The minimum atomic E-state index is 0.629. The van der Waals surface area contributed by atoms with Crippen LogP contribution in [0.1, 0.15) is 30.4 Å². The summed E-state index contributed by atoms with van der Waals surface area (Å²) in [4.78, 5) is 0. The summed E-state index contributed by atoms with van der Waals surface area (Å²) >= 11 is 5.72. The number of hydrogen-bond acceptors (Lipinski definition) is 0. The van der Waals surface area contributed by atoms with Crippen molar-refractivity contribution in [1.82, 2.24) is 0 Å². The molecular weight excluding hydrogens is 180 g/mol. The fraction of sp³-hybridized carbons (Fsp3) is 0.500. The molecule has 0 aliphatic heterocycles. The van der Waals surface area contributed by atoms with E-state index in [4.69, 9.17) is 11.6 Å². The van der Waals surface area contributed by atoms with E-state index in [0.29, 0.717) is 5.88 Å². The fourth-order valence-electron chi connectivity index (χ4n) is 1.79. The van der Waals surface area contributed by atoms with Crippen LogP contribution < -0.4 is 0 Å². The molecule has 0 nitrogen and oxygen atoms in total. The summed E-state index contributed by atoms with van der Waals surface area (Å²) < 4.78 is 0. The maximum Gasteiger partial charge on any atom is 0.0474 e. The lowest BCUT2D eigenvalue weighted by molar-refractivity contribution is 0.314. The first-order valence-electron chi connectivity index (χ1n) is 5.02. The highest BCUT2D eigenvalue weighted by molar-refractivity contribution is 6.17. The monoisotopic (exact) mass is 194 g/mol. The molecule has 0 radical (unpaired) electrons. The number of hydrogen-bond donors (Lipinski definition) is 0. The van der Waals surface area contributed by atoms with Gasteiger partial charge in [-0.3, -0.25) is 0 Å². The van der Waals surface area contributed by atoms with Crippen molar-refractivity contribution in [2.45, 2.75) is 31.6 Å². The average Bonchev–Trinajstić information content (AvgIpc) is 2.12. The number of rotatable bonds is 3. The molecule has 0 saturated heterocycles. The Labute approximate surface area is 84.9 Å². The van der Waals surface area contributed by atoms with Crippen LogP contribution in [0.25, 0.3) is 0 Å². The topological polar surface area (TPSA) is 0 Å². The van der Waals surface area contributed by atoms with Crippen LogP contribution in [0, 0.1) is 5.92 Å². The van der Waals surface area contributed by atoms with E-state index in [-0.39, 0.29) is 0 Å². The lowest BCUT2D eigenvalue weighted by Crippen LogP contribution is -2.13. The first-order valence-corrected chi connectivity index (χ1v) is 5.56. The molecule has 1 aliphatic rings. The van der Waals surface area contributed by atoms with Crippen molar-refractivity contribution >= 4 is 11.6 Å². The van der Waals surface area contributed by atoms with E-state index < -0.39 is 0 Å². The summed E-state index contributed by atoms with van der Waals surface area (Å²) in [7, 11) is 0. The van der Waals surface area contributed by atoms with Gasteiger partial charge in [-0.2, -0.15) is 0 Å². The summed E-state index contributed by atoms with van der Waals surface area (Å²) in [6.07, 6.45) is 5.56. The molecule has 0 amide bonds. The molecule has 0 heterocycles. The van der Waals surface area contributed by atoms with Crippen molar-refractivity contribution in [3.63, 3.8) is 0 Å². The van der Waals surface area contributed by atoms with Gasteiger partial charge in [0.15, 0.2) is 0 Å². The Morgan fingerprint density at radius 3 is 2.15 bits per heavy atom. The molecule has 0 unspecified atom stereocenters. The molecule has 2 rings (SSSR count). The van der Waals surface area contributed by atoms with Crippen LogP contribution in [0.4, 0.5) is 0 Å². The molecule has 0 atom stereocenters. The van der Waals surface area contributed by atoms with Crippen LogP contribution in [0.15, 0.2) is 24.3 Å². The Hall–Kier alpha value is -0.490. The van der Waals surface area contributed by atoms with E-state index in [1.165, 1.54) is 36.8 Å². The number of benzene rings is 1. The predicted molar refractivity (Wildman–Crippen MR) is 57.0 cm³/mol. The maximum atomic E-state index is 5.72. The van der Waals surface area contributed by atoms with Crippen LogP contribution in [-0.4, -0.2) is 0 Å². The second-order valence-corrected chi connectivity index (χ2v) is 4.22. The lowest BCUT2D eigenvalue weighted by Gasteiger charge is -2.25. The van der Waals surface area contributed by atoms with Gasteiger partial charge in [-0.05, 0) is 23.5 Å². The van der Waals surface area contributed by atoms with Crippen LogP contribution in [0.3, 0.4) is 0 Å².